The van der Waals surface area contributed by atoms with Gasteiger partial charge < -0.3 is 14.4 Å². The van der Waals surface area contributed by atoms with Crippen LogP contribution in [0.15, 0.2) is 36.4 Å². The third-order valence-corrected chi connectivity index (χ3v) is 11.8. The molecule has 0 unspecified atom stereocenters. The Labute approximate surface area is 268 Å². The Morgan fingerprint density at radius 3 is 2.71 bits per heavy atom. The number of fused-ring (bicyclic) bond motifs is 3. The van der Waals surface area contributed by atoms with Gasteiger partial charge in [-0.1, -0.05) is 29.8 Å². The summed E-state index contributed by atoms with van der Waals surface area (Å²) >= 11 is 6.46. The molecular weight excluding hydrogens is 618 g/mol. The fraction of sp³-hybridized carbons (Fsp3) is 0.576. The lowest BCUT2D eigenvalue weighted by Crippen LogP contribution is -2.42. The molecule has 3 fully saturated rings. The van der Waals surface area contributed by atoms with Crippen LogP contribution in [0.3, 0.4) is 0 Å². The molecule has 4 aliphatic rings. The van der Waals surface area contributed by atoms with Crippen molar-refractivity contribution in [2.75, 3.05) is 20.2 Å². The summed E-state index contributed by atoms with van der Waals surface area (Å²) in [5.74, 6) is -1.61. The van der Waals surface area contributed by atoms with Crippen LogP contribution in [0.4, 0.5) is 0 Å². The van der Waals surface area contributed by atoms with Crippen LogP contribution >= 0.6 is 11.6 Å². The Bertz CT molecular complexity index is 1640. The van der Waals surface area contributed by atoms with Gasteiger partial charge in [0.15, 0.2) is 0 Å². The summed E-state index contributed by atoms with van der Waals surface area (Å²) in [7, 11) is -2.01. The maximum absolute atomic E-state index is 14.1. The van der Waals surface area contributed by atoms with Gasteiger partial charge in [0.25, 0.3) is 0 Å². The number of hydrogen-bond acceptors (Lipinski definition) is 8. The van der Waals surface area contributed by atoms with Crippen LogP contribution < -0.4 is 14.2 Å². The largest absolute Gasteiger partial charge is 0.489 e. The van der Waals surface area contributed by atoms with Crippen molar-refractivity contribution in [1.82, 2.24) is 14.6 Å². The zero-order valence-corrected chi connectivity index (χ0v) is 27.2. The number of para-hydroxylation sites is 1. The highest BCUT2D eigenvalue weighted by atomic mass is 35.5. The van der Waals surface area contributed by atoms with Crippen LogP contribution in [-0.2, 0) is 24.4 Å². The Balaban J connectivity index is 1.29. The highest BCUT2D eigenvalue weighted by Gasteiger charge is 2.61. The molecule has 1 aromatic carbocycles. The average Bonchev–Trinajstić information content (AvgIpc) is 3.92. The molecule has 2 aromatic rings. The van der Waals surface area contributed by atoms with E-state index in [0.29, 0.717) is 66.4 Å². The topological polar surface area (TPSA) is 132 Å². The molecule has 242 valence electrons. The van der Waals surface area contributed by atoms with Crippen molar-refractivity contribution in [2.45, 2.75) is 76.1 Å². The Morgan fingerprint density at radius 1 is 1.18 bits per heavy atom. The number of aromatic nitrogens is 1. The second kappa shape index (κ2) is 12.5. The fourth-order valence-corrected chi connectivity index (χ4v) is 8.51. The molecule has 0 bridgehead atoms. The van der Waals surface area contributed by atoms with Crippen LogP contribution in [0.2, 0.25) is 5.02 Å². The zero-order valence-electron chi connectivity index (χ0n) is 25.7. The summed E-state index contributed by atoms with van der Waals surface area (Å²) in [5, 5.41) is 0.595. The van der Waals surface area contributed by atoms with E-state index >= 15 is 0 Å². The predicted molar refractivity (Wildman–Crippen MR) is 169 cm³/mol. The molecule has 12 heteroatoms. The van der Waals surface area contributed by atoms with Crippen molar-refractivity contribution < 1.29 is 32.3 Å². The minimum atomic E-state index is -3.77. The summed E-state index contributed by atoms with van der Waals surface area (Å²) in [6.07, 6.45) is 7.91. The van der Waals surface area contributed by atoms with Crippen molar-refractivity contribution >= 4 is 50.1 Å². The number of ketones is 1. The minimum Gasteiger partial charge on any atom is -0.489 e. The number of hydrogen-bond donors (Lipinski definition) is 1. The minimum absolute atomic E-state index is 0.119. The molecule has 1 aromatic heterocycles. The summed E-state index contributed by atoms with van der Waals surface area (Å²) < 4.78 is 39.9. The van der Waals surface area contributed by atoms with E-state index in [1.54, 1.807) is 24.1 Å². The number of halogens is 1. The summed E-state index contributed by atoms with van der Waals surface area (Å²) in [6, 6.07) is 7.11. The van der Waals surface area contributed by atoms with Gasteiger partial charge in [-0.15, -0.1) is 0 Å². The molecule has 5 atom stereocenters. The second-order valence-corrected chi connectivity index (χ2v) is 15.3. The van der Waals surface area contributed by atoms with Gasteiger partial charge in [0, 0.05) is 37.4 Å². The number of carbonyl (C=O) groups excluding carboxylic acids is 3. The molecule has 1 aliphatic heterocycles. The second-order valence-electron chi connectivity index (χ2n) is 12.9. The number of carbonyl (C=O) groups is 3. The smallest absolute Gasteiger partial charge is 0.240 e. The van der Waals surface area contributed by atoms with Gasteiger partial charge >= 0.3 is 0 Å². The summed E-state index contributed by atoms with van der Waals surface area (Å²) in [5.41, 5.74) is -0.603. The van der Waals surface area contributed by atoms with Gasteiger partial charge in [0.2, 0.25) is 27.7 Å². The number of amides is 2. The van der Waals surface area contributed by atoms with Crippen molar-refractivity contribution in [3.63, 3.8) is 0 Å². The van der Waals surface area contributed by atoms with E-state index in [1.165, 1.54) is 0 Å². The van der Waals surface area contributed by atoms with Crippen LogP contribution in [-0.4, -0.2) is 67.5 Å². The Morgan fingerprint density at radius 2 is 1.96 bits per heavy atom. The first-order valence-electron chi connectivity index (χ1n) is 15.9. The van der Waals surface area contributed by atoms with E-state index in [9.17, 15) is 22.8 Å². The molecule has 0 radical (unpaired) electrons. The number of sulfonamides is 1. The monoisotopic (exact) mass is 657 g/mol. The first kappa shape index (κ1) is 31.8. The molecule has 0 spiro atoms. The average molecular weight is 658 g/mol. The highest BCUT2D eigenvalue weighted by Crippen LogP contribution is 2.58. The Hall–Kier alpha value is -3.18. The van der Waals surface area contributed by atoms with Crippen LogP contribution in [0.25, 0.3) is 10.9 Å². The number of nitrogens with one attached hydrogen (secondary N) is 1. The SMILES string of the molecule is CCOc1cc(O[C@@H]2C[C@H]3C(=O)C[C@]4(C(=O)NS(=O)(=O)C5CC5)C[C@H]4/C=C\CCCCN(C)C(=O)[C@@H]3C2)c2cccc(Cl)c2n1. The molecular formula is C33H40ClN3O7S. The van der Waals surface area contributed by atoms with E-state index in [2.05, 4.69) is 9.71 Å². The van der Waals surface area contributed by atoms with Crippen molar-refractivity contribution in [2.24, 2.45) is 23.2 Å². The van der Waals surface area contributed by atoms with Gasteiger partial charge in [0.1, 0.15) is 17.6 Å². The van der Waals surface area contributed by atoms with E-state index in [-0.39, 0.29) is 30.4 Å². The first-order chi connectivity index (χ1) is 21.5. The Kier molecular flexibility index (Phi) is 8.86. The number of nitrogens with zero attached hydrogens (tertiary/aromatic N) is 2. The van der Waals surface area contributed by atoms with E-state index < -0.39 is 44.5 Å². The van der Waals surface area contributed by atoms with Gasteiger partial charge in [0.05, 0.1) is 33.7 Å². The molecule has 3 saturated carbocycles. The lowest BCUT2D eigenvalue weighted by atomic mass is 9.84. The molecule has 0 saturated heterocycles. The molecule has 6 rings (SSSR count). The van der Waals surface area contributed by atoms with Gasteiger partial charge in [-0.05, 0) is 76.3 Å². The first-order valence-corrected chi connectivity index (χ1v) is 17.8. The number of Topliss-reactive ketones (excluding diaryl/α,β-unsaturated/α-hetero) is 1. The van der Waals surface area contributed by atoms with Gasteiger partial charge in [-0.25, -0.2) is 13.4 Å². The number of allylic oxidation sites excluding steroid dienone is 2. The van der Waals surface area contributed by atoms with E-state index in [1.807, 2.05) is 31.2 Å². The number of benzene rings is 1. The maximum atomic E-state index is 14.1. The molecule has 2 amide bonds. The van der Waals surface area contributed by atoms with Gasteiger partial charge in [-0.3, -0.25) is 19.1 Å². The fourth-order valence-electron chi connectivity index (χ4n) is 6.91. The van der Waals surface area contributed by atoms with Crippen molar-refractivity contribution in [1.29, 1.82) is 0 Å². The van der Waals surface area contributed by atoms with Crippen molar-refractivity contribution in [3.8, 4) is 11.6 Å². The number of pyridine rings is 1. The van der Waals surface area contributed by atoms with E-state index in [4.69, 9.17) is 21.1 Å². The van der Waals surface area contributed by atoms with Gasteiger partial charge in [-0.2, -0.15) is 0 Å². The molecule has 45 heavy (non-hydrogen) atoms. The lowest BCUT2D eigenvalue weighted by molar-refractivity contribution is -0.140. The number of rotatable bonds is 7. The van der Waals surface area contributed by atoms with Crippen LogP contribution in [0, 0.1) is 23.2 Å². The molecule has 3 aliphatic carbocycles. The third-order valence-electron chi connectivity index (χ3n) is 9.70. The maximum Gasteiger partial charge on any atom is 0.240 e. The number of ether oxygens (including phenoxy) is 2. The standard InChI is InChI=1S/C33H40ClN3O7S/c1-3-43-29-17-28(23-10-8-11-26(34)30(23)35-29)44-21-15-24-25(16-21)31(39)37(2)14-7-5-4-6-9-20-18-33(20,19-27(24)38)32(40)36-45(41,42)22-12-13-22/h6,8-11,17,20-22,24-25H,3-5,7,12-16,18-19H2,1-2H3,(H,36,40)/b9-6-/t20-,21-,24-,25-,33-/m1/s1. The predicted octanol–water partition coefficient (Wildman–Crippen LogP) is 4.83. The van der Waals surface area contributed by atoms with Crippen LogP contribution in [0.1, 0.15) is 64.7 Å². The normalized spacial score (nSPS) is 29.8. The lowest BCUT2D eigenvalue weighted by Gasteiger charge is -2.26. The summed E-state index contributed by atoms with van der Waals surface area (Å²) in [4.78, 5) is 47.7. The summed E-state index contributed by atoms with van der Waals surface area (Å²) in [6.45, 7) is 2.84. The quantitative estimate of drug-likeness (QED) is 0.419. The van der Waals surface area contributed by atoms with Crippen LogP contribution in [0.5, 0.6) is 11.6 Å². The third kappa shape index (κ3) is 6.56. The van der Waals surface area contributed by atoms with E-state index in [0.717, 1.165) is 19.3 Å². The molecule has 2 heterocycles. The molecule has 1 N–H and O–H groups in total. The molecule has 10 nitrogen and oxygen atoms in total. The zero-order chi connectivity index (χ0) is 31.9. The highest BCUT2D eigenvalue weighted by molar-refractivity contribution is 7.90. The van der Waals surface area contributed by atoms with Crippen molar-refractivity contribution in [3.05, 3.63) is 41.4 Å².